The first-order chi connectivity index (χ1) is 11.6. The van der Waals surface area contributed by atoms with E-state index < -0.39 is 11.0 Å². The van der Waals surface area contributed by atoms with E-state index in [9.17, 15) is 9.59 Å². The Morgan fingerprint density at radius 3 is 2.42 bits per heavy atom. The first-order valence-electron chi connectivity index (χ1n) is 7.24. The highest BCUT2D eigenvalue weighted by Crippen LogP contribution is 2.29. The fourth-order valence-electron chi connectivity index (χ4n) is 2.36. The molecule has 3 aromatic rings. The molecule has 24 heavy (non-hydrogen) atoms. The molecule has 0 unspecified atom stereocenters. The number of methoxy groups -OCH3 is 2. The molecule has 0 aliphatic heterocycles. The van der Waals surface area contributed by atoms with E-state index in [0.29, 0.717) is 23.6 Å². The van der Waals surface area contributed by atoms with Gasteiger partial charge in [-0.25, -0.2) is 0 Å². The summed E-state index contributed by atoms with van der Waals surface area (Å²) in [7, 11) is 2.94. The monoisotopic (exact) mass is 332 g/mol. The number of fused-ring (bicyclic) bond motifs is 2. The minimum Gasteiger partial charge on any atom is -0.493 e. The molecule has 2 heterocycles. The summed E-state index contributed by atoms with van der Waals surface area (Å²) in [5.41, 5.74) is -0.708. The van der Waals surface area contributed by atoms with E-state index in [-0.39, 0.29) is 23.2 Å². The van der Waals surface area contributed by atoms with Crippen LogP contribution in [0.4, 0.5) is 0 Å². The first-order valence-corrected chi connectivity index (χ1v) is 7.24. The van der Waals surface area contributed by atoms with Gasteiger partial charge in [0.1, 0.15) is 0 Å². The number of hydrogen-bond acceptors (Lipinski definition) is 7. The minimum atomic E-state index is -0.521. The number of nitrogens with one attached hydrogen (secondary N) is 1. The second-order valence-electron chi connectivity index (χ2n) is 4.93. The van der Waals surface area contributed by atoms with Gasteiger partial charge in [0.2, 0.25) is 5.43 Å². The van der Waals surface area contributed by atoms with Crippen LogP contribution >= 0.6 is 0 Å². The predicted molar refractivity (Wildman–Crippen MR) is 86.7 cm³/mol. The van der Waals surface area contributed by atoms with E-state index in [4.69, 9.17) is 14.2 Å². The van der Waals surface area contributed by atoms with Gasteiger partial charge in [-0.05, 0) is 13.0 Å². The van der Waals surface area contributed by atoms with Crippen molar-refractivity contribution in [3.05, 3.63) is 32.7 Å². The molecule has 0 aliphatic rings. The molecule has 9 heteroatoms. The van der Waals surface area contributed by atoms with Gasteiger partial charge in [0, 0.05) is 12.7 Å². The summed E-state index contributed by atoms with van der Waals surface area (Å²) in [6.45, 7) is 2.34. The second kappa shape index (κ2) is 6.28. The number of nitrogens with zero attached hydrogens (tertiary/aromatic N) is 3. The molecule has 0 saturated heterocycles. The zero-order chi connectivity index (χ0) is 17.3. The molecule has 0 amide bonds. The maximum Gasteiger partial charge on any atom is 0.278 e. The molecule has 1 aromatic carbocycles. The van der Waals surface area contributed by atoms with Gasteiger partial charge in [-0.15, -0.1) is 10.2 Å². The maximum absolute atomic E-state index is 12.8. The number of H-pyrrole nitrogens is 1. The van der Waals surface area contributed by atoms with Crippen LogP contribution in [0.15, 0.2) is 21.7 Å². The Kier molecular flexibility index (Phi) is 4.17. The van der Waals surface area contributed by atoms with Crippen molar-refractivity contribution >= 4 is 21.9 Å². The summed E-state index contributed by atoms with van der Waals surface area (Å²) in [5, 5.41) is 8.36. The number of hydrogen-bond donors (Lipinski definition) is 1. The third-order valence-electron chi connectivity index (χ3n) is 3.51. The molecule has 0 spiro atoms. The lowest BCUT2D eigenvalue weighted by Crippen LogP contribution is -2.08. The maximum atomic E-state index is 12.8. The van der Waals surface area contributed by atoms with Gasteiger partial charge < -0.3 is 19.2 Å². The average Bonchev–Trinajstić information content (AvgIpc) is 2.99. The third-order valence-corrected chi connectivity index (χ3v) is 3.51. The van der Waals surface area contributed by atoms with E-state index in [2.05, 4.69) is 15.2 Å². The van der Waals surface area contributed by atoms with Gasteiger partial charge in [-0.1, -0.05) is 0 Å². The summed E-state index contributed by atoms with van der Waals surface area (Å²) in [4.78, 5) is 29.0. The van der Waals surface area contributed by atoms with E-state index in [1.165, 1.54) is 31.1 Å². The van der Waals surface area contributed by atoms with Gasteiger partial charge in [0.15, 0.2) is 29.3 Å². The highest BCUT2D eigenvalue weighted by atomic mass is 16.5. The quantitative estimate of drug-likeness (QED) is 0.730. The van der Waals surface area contributed by atoms with Crippen LogP contribution in [-0.4, -0.2) is 40.8 Å². The van der Waals surface area contributed by atoms with Crippen molar-refractivity contribution in [3.8, 4) is 11.5 Å². The molecule has 3 rings (SSSR count). The summed E-state index contributed by atoms with van der Waals surface area (Å²) in [6, 6.07) is 3.04. The van der Waals surface area contributed by atoms with Crippen LogP contribution in [0.5, 0.6) is 11.5 Å². The Labute approximate surface area is 135 Å². The standard InChI is InChI=1S/C15H16N4O5/c1-4-24-7-19-17-12-13(18-19)15(21)16-9-6-11(23-3)10(22-2)5-8(9)14(12)20/h5-6H,4,7H2,1-3H3,(H,16,21). The zero-order valence-corrected chi connectivity index (χ0v) is 13.5. The van der Waals surface area contributed by atoms with Crippen molar-refractivity contribution in [1.82, 2.24) is 20.0 Å². The van der Waals surface area contributed by atoms with Gasteiger partial charge >= 0.3 is 0 Å². The van der Waals surface area contributed by atoms with Crippen molar-refractivity contribution in [1.29, 1.82) is 0 Å². The van der Waals surface area contributed by atoms with Crippen LogP contribution in [0, 0.1) is 0 Å². The normalized spacial score (nSPS) is 11.1. The molecule has 0 radical (unpaired) electrons. The van der Waals surface area contributed by atoms with Crippen LogP contribution in [0.25, 0.3) is 21.9 Å². The summed E-state index contributed by atoms with van der Waals surface area (Å²) in [6.07, 6.45) is 0. The fourth-order valence-corrected chi connectivity index (χ4v) is 2.36. The number of rotatable bonds is 5. The smallest absolute Gasteiger partial charge is 0.278 e. The molecule has 0 aliphatic carbocycles. The third kappa shape index (κ3) is 2.58. The van der Waals surface area contributed by atoms with E-state index >= 15 is 0 Å². The van der Waals surface area contributed by atoms with Crippen molar-refractivity contribution in [2.75, 3.05) is 20.8 Å². The Balaban J connectivity index is 2.37. The molecule has 1 N–H and O–H groups in total. The van der Waals surface area contributed by atoms with Gasteiger partial charge in [0.05, 0.1) is 25.1 Å². The Bertz CT molecular complexity index is 1020. The van der Waals surface area contributed by atoms with Crippen molar-refractivity contribution in [2.45, 2.75) is 13.7 Å². The van der Waals surface area contributed by atoms with E-state index in [1.807, 2.05) is 6.92 Å². The highest BCUT2D eigenvalue weighted by molar-refractivity contribution is 5.88. The number of ether oxygens (including phenoxy) is 3. The van der Waals surface area contributed by atoms with Crippen LogP contribution < -0.4 is 20.5 Å². The topological polar surface area (TPSA) is 108 Å². The first kappa shape index (κ1) is 15.9. The van der Waals surface area contributed by atoms with Gasteiger partial charge in [0.25, 0.3) is 5.56 Å². The molecule has 9 nitrogen and oxygen atoms in total. The van der Waals surface area contributed by atoms with Crippen LogP contribution in [0.2, 0.25) is 0 Å². The lowest BCUT2D eigenvalue weighted by atomic mass is 10.2. The van der Waals surface area contributed by atoms with Crippen LogP contribution in [0.3, 0.4) is 0 Å². The molecule has 0 saturated carbocycles. The van der Waals surface area contributed by atoms with Gasteiger partial charge in [-0.3, -0.25) is 9.59 Å². The largest absolute Gasteiger partial charge is 0.493 e. The fraction of sp³-hybridized carbons (Fsp3) is 0.333. The lowest BCUT2D eigenvalue weighted by Gasteiger charge is -2.07. The Hall–Kier alpha value is -2.94. The zero-order valence-electron chi connectivity index (χ0n) is 13.5. The number of benzene rings is 1. The molecule has 0 atom stereocenters. The van der Waals surface area contributed by atoms with Crippen molar-refractivity contribution in [2.24, 2.45) is 0 Å². The minimum absolute atomic E-state index is 0.0295. The Morgan fingerprint density at radius 2 is 1.75 bits per heavy atom. The molecule has 0 fully saturated rings. The second-order valence-corrected chi connectivity index (χ2v) is 4.93. The molecular weight excluding hydrogens is 316 g/mol. The SMILES string of the molecule is CCOCn1nc2c(=O)[nH]c3cc(OC)c(OC)cc3c(=O)c2n1. The molecule has 2 aromatic heterocycles. The number of aromatic amines is 1. The van der Waals surface area contributed by atoms with Crippen molar-refractivity contribution < 1.29 is 14.2 Å². The van der Waals surface area contributed by atoms with Crippen LogP contribution in [0.1, 0.15) is 6.92 Å². The summed E-state index contributed by atoms with van der Waals surface area (Å²) >= 11 is 0. The lowest BCUT2D eigenvalue weighted by molar-refractivity contribution is 0.0698. The number of aromatic nitrogens is 4. The van der Waals surface area contributed by atoms with Crippen molar-refractivity contribution in [3.63, 3.8) is 0 Å². The summed E-state index contributed by atoms with van der Waals surface area (Å²) in [5.74, 6) is 0.780. The van der Waals surface area contributed by atoms with E-state index in [1.54, 1.807) is 0 Å². The van der Waals surface area contributed by atoms with Gasteiger partial charge in [-0.2, -0.15) is 4.80 Å². The molecule has 126 valence electrons. The summed E-state index contributed by atoms with van der Waals surface area (Å²) < 4.78 is 15.6. The molecule has 0 bridgehead atoms. The van der Waals surface area contributed by atoms with E-state index in [0.717, 1.165) is 0 Å². The highest BCUT2D eigenvalue weighted by Gasteiger charge is 2.15. The average molecular weight is 332 g/mol. The Morgan fingerprint density at radius 1 is 1.08 bits per heavy atom. The molecular formula is C15H16N4O5. The predicted octanol–water partition coefficient (Wildman–Crippen LogP) is 0.644. The van der Waals surface area contributed by atoms with Crippen LogP contribution in [-0.2, 0) is 11.5 Å².